The van der Waals surface area contributed by atoms with Crippen LogP contribution < -0.4 is 11.2 Å². The van der Waals surface area contributed by atoms with Crippen molar-refractivity contribution in [2.45, 2.75) is 83.3 Å². The summed E-state index contributed by atoms with van der Waals surface area (Å²) >= 11 is 0. The Hall–Kier alpha value is -1.55. The number of aromatic amines is 1. The van der Waals surface area contributed by atoms with Crippen LogP contribution in [0.3, 0.4) is 0 Å². The van der Waals surface area contributed by atoms with E-state index in [0.717, 1.165) is 17.9 Å². The van der Waals surface area contributed by atoms with E-state index in [2.05, 4.69) is 9.83 Å². The summed E-state index contributed by atoms with van der Waals surface area (Å²) in [5, 5.41) is 0. The quantitative estimate of drug-likeness (QED) is 0.164. The second-order valence-electron chi connectivity index (χ2n) is 10.7. The number of rotatable bonds is 16. The third-order valence-electron chi connectivity index (χ3n) is 6.40. The maximum absolute atomic E-state index is 15.3. The lowest BCUT2D eigenvalue weighted by Crippen LogP contribution is -2.43. The highest BCUT2D eigenvalue weighted by Gasteiger charge is 2.55. The van der Waals surface area contributed by atoms with Gasteiger partial charge in [-0.25, -0.2) is 16.0 Å². The topological polar surface area (TPSA) is 126 Å². The van der Waals surface area contributed by atoms with Crippen LogP contribution in [0.25, 0.3) is 4.85 Å². The lowest BCUT2D eigenvalue weighted by Gasteiger charge is -2.38. The number of nitrogens with zero attached hydrogens (tertiary/aromatic N) is 3. The molecule has 1 fully saturated rings. The minimum absolute atomic E-state index is 0.00964. The molecular weight excluding hydrogens is 584 g/mol. The molecule has 0 spiro atoms. The third-order valence-corrected chi connectivity index (χ3v) is 10.3. The van der Waals surface area contributed by atoms with Crippen molar-refractivity contribution in [3.05, 3.63) is 44.0 Å². The summed E-state index contributed by atoms with van der Waals surface area (Å²) in [4.78, 5) is 30.4. The summed E-state index contributed by atoms with van der Waals surface area (Å²) in [6, 6.07) is -0.174. The van der Waals surface area contributed by atoms with E-state index in [1.807, 2.05) is 32.4 Å². The van der Waals surface area contributed by atoms with E-state index in [1.165, 1.54) is 20.2 Å². The van der Waals surface area contributed by atoms with Crippen LogP contribution in [0.15, 0.2) is 15.8 Å². The molecule has 2 heterocycles. The largest absolute Gasteiger partial charge is 0.382 e. The maximum Gasteiger partial charge on any atom is 0.330 e. The molecule has 1 aliphatic rings. The normalized spacial score (nSPS) is 22.5. The van der Waals surface area contributed by atoms with Crippen molar-refractivity contribution in [3.8, 4) is 0 Å². The lowest BCUT2D eigenvalue weighted by atomic mass is 10.1. The summed E-state index contributed by atoms with van der Waals surface area (Å²) in [6.07, 6.45) is -4.71. The summed E-state index contributed by atoms with van der Waals surface area (Å²) in [5.74, 6) is 0. The number of aromatic nitrogens is 2. The van der Waals surface area contributed by atoms with Crippen LogP contribution in [0.1, 0.15) is 45.9 Å². The number of hydrogen-bond donors (Lipinski definition) is 1. The molecule has 234 valence electrons. The standard InChI is InChI=1S/C25H42F2N4O8P2/c1-16(2)31(17(3)4)40(37-11-10-28-6)39-20-19(14-25(26,27)41(8,9)34)38-23(21(20)36-13-12-35-7)30-15-18(5)22(32)29-24(30)33/h15-17,19-21,23H,10-14H2,1-5,7-9H3,(H,29,32,33)/t19-,20-,21-,23-,40?/m1/s1. The summed E-state index contributed by atoms with van der Waals surface area (Å²) < 4.78 is 75.8. The van der Waals surface area contributed by atoms with Crippen LogP contribution in [-0.2, 0) is 27.8 Å². The molecule has 2 rings (SSSR count). The van der Waals surface area contributed by atoms with E-state index >= 15 is 8.78 Å². The Morgan fingerprint density at radius 2 is 1.83 bits per heavy atom. The molecule has 0 aromatic carbocycles. The number of nitrogens with one attached hydrogen (secondary N) is 1. The molecule has 1 unspecified atom stereocenters. The zero-order valence-electron chi connectivity index (χ0n) is 24.8. The van der Waals surface area contributed by atoms with Gasteiger partial charge in [-0.2, -0.15) is 8.78 Å². The van der Waals surface area contributed by atoms with Crippen LogP contribution >= 0.6 is 15.7 Å². The number of methoxy groups -OCH3 is 1. The second-order valence-corrected chi connectivity index (χ2v) is 15.4. The smallest absolute Gasteiger partial charge is 0.330 e. The van der Waals surface area contributed by atoms with Gasteiger partial charge in [0.25, 0.3) is 19.7 Å². The molecule has 5 atom stereocenters. The van der Waals surface area contributed by atoms with E-state index in [9.17, 15) is 14.2 Å². The number of hydrogen-bond acceptors (Lipinski definition) is 9. The number of ether oxygens (including phenoxy) is 3. The zero-order valence-corrected chi connectivity index (χ0v) is 26.6. The third kappa shape index (κ3) is 9.22. The molecule has 1 aromatic rings. The van der Waals surface area contributed by atoms with Gasteiger partial charge in [-0.05, 0) is 47.9 Å². The van der Waals surface area contributed by atoms with E-state index in [1.54, 1.807) is 0 Å². The Bertz CT molecular complexity index is 1190. The van der Waals surface area contributed by atoms with Gasteiger partial charge >= 0.3 is 5.69 Å². The minimum Gasteiger partial charge on any atom is -0.382 e. The monoisotopic (exact) mass is 626 g/mol. The predicted molar refractivity (Wildman–Crippen MR) is 152 cm³/mol. The van der Waals surface area contributed by atoms with Crippen molar-refractivity contribution < 1.29 is 36.6 Å². The molecule has 0 amide bonds. The van der Waals surface area contributed by atoms with Gasteiger partial charge in [0.1, 0.15) is 26.0 Å². The molecule has 0 bridgehead atoms. The number of H-pyrrole nitrogens is 1. The second kappa shape index (κ2) is 15.3. The van der Waals surface area contributed by atoms with Crippen molar-refractivity contribution in [2.75, 3.05) is 46.8 Å². The Balaban J connectivity index is 2.67. The number of halogens is 2. The van der Waals surface area contributed by atoms with E-state index in [-0.39, 0.29) is 44.0 Å². The first-order valence-electron chi connectivity index (χ1n) is 13.3. The summed E-state index contributed by atoms with van der Waals surface area (Å²) in [6.45, 7) is 18.6. The molecule has 1 aromatic heterocycles. The highest BCUT2D eigenvalue weighted by atomic mass is 31.2. The summed E-state index contributed by atoms with van der Waals surface area (Å²) in [5.41, 5.74) is -4.86. The summed E-state index contributed by atoms with van der Waals surface area (Å²) in [7, 11) is -4.40. The van der Waals surface area contributed by atoms with Gasteiger partial charge in [-0.15, -0.1) is 0 Å². The molecule has 1 N–H and O–H groups in total. The van der Waals surface area contributed by atoms with E-state index in [4.69, 9.17) is 29.8 Å². The van der Waals surface area contributed by atoms with Gasteiger partial charge in [0, 0.05) is 37.4 Å². The Kier molecular flexibility index (Phi) is 13.3. The van der Waals surface area contributed by atoms with Crippen molar-refractivity contribution in [2.24, 2.45) is 0 Å². The van der Waals surface area contributed by atoms with Crippen LogP contribution in [0, 0.1) is 13.5 Å². The first-order valence-corrected chi connectivity index (χ1v) is 17.0. The Morgan fingerprint density at radius 3 is 2.37 bits per heavy atom. The van der Waals surface area contributed by atoms with Gasteiger partial charge in [-0.3, -0.25) is 14.3 Å². The first kappa shape index (κ1) is 35.6. The van der Waals surface area contributed by atoms with E-state index in [0.29, 0.717) is 0 Å². The Labute approximate surface area is 240 Å². The average molecular weight is 627 g/mol. The highest BCUT2D eigenvalue weighted by Crippen LogP contribution is 2.58. The minimum atomic E-state index is -3.93. The first-order chi connectivity index (χ1) is 19.0. The molecule has 0 saturated carbocycles. The van der Waals surface area contributed by atoms with Crippen LogP contribution in [-0.4, -0.2) is 97.1 Å². The van der Waals surface area contributed by atoms with Crippen molar-refractivity contribution in [3.63, 3.8) is 0 Å². The fourth-order valence-corrected chi connectivity index (χ4v) is 6.68. The Morgan fingerprint density at radius 1 is 1.20 bits per heavy atom. The molecule has 12 nitrogen and oxygen atoms in total. The van der Waals surface area contributed by atoms with Crippen LogP contribution in [0.5, 0.6) is 0 Å². The molecule has 41 heavy (non-hydrogen) atoms. The lowest BCUT2D eigenvalue weighted by molar-refractivity contribution is -0.0838. The van der Waals surface area contributed by atoms with Crippen molar-refractivity contribution >= 4 is 15.7 Å². The zero-order chi connectivity index (χ0) is 31.1. The van der Waals surface area contributed by atoms with Crippen LogP contribution in [0.2, 0.25) is 0 Å². The number of aryl methyl sites for hydroxylation is 1. The van der Waals surface area contributed by atoms with Gasteiger partial charge in [0.05, 0.1) is 19.3 Å². The van der Waals surface area contributed by atoms with Gasteiger partial charge in [0.2, 0.25) is 6.54 Å². The van der Waals surface area contributed by atoms with Crippen molar-refractivity contribution in [1.82, 2.24) is 14.2 Å². The van der Waals surface area contributed by atoms with Gasteiger partial charge < -0.3 is 32.7 Å². The van der Waals surface area contributed by atoms with Gasteiger partial charge in [-0.1, -0.05) is 0 Å². The SMILES string of the molecule is [C-]#[N+]CCOP(O[C@H]1[C@@H](OCCOC)[C@H](n2cc(C)c(=O)[nH]c2=O)O[C@@H]1CC(F)(F)P(C)(C)=O)N(C(C)C)C(C)C. The molecule has 1 saturated heterocycles. The van der Waals surface area contributed by atoms with Crippen LogP contribution in [0.4, 0.5) is 8.78 Å². The predicted octanol–water partition coefficient (Wildman–Crippen LogP) is 4.05. The highest BCUT2D eigenvalue weighted by molar-refractivity contribution is 7.63. The molecule has 0 aliphatic carbocycles. The number of alkyl halides is 2. The van der Waals surface area contributed by atoms with E-state index < -0.39 is 63.5 Å². The molecule has 16 heteroatoms. The van der Waals surface area contributed by atoms with Gasteiger partial charge in [0.15, 0.2) is 6.23 Å². The molecule has 0 radical (unpaired) electrons. The van der Waals surface area contributed by atoms with Crippen molar-refractivity contribution in [1.29, 1.82) is 0 Å². The maximum atomic E-state index is 15.3. The molecule has 1 aliphatic heterocycles. The molecular formula is C25H42F2N4O8P2. The fourth-order valence-electron chi connectivity index (χ4n) is 4.30. The average Bonchev–Trinajstić information content (AvgIpc) is 3.16. The fraction of sp³-hybridized carbons (Fsp3) is 0.800.